The smallest absolute Gasteiger partial charge is 0.128 e. The van der Waals surface area contributed by atoms with E-state index >= 15 is 0 Å². The Hall–Kier alpha value is -1.02. The van der Waals surface area contributed by atoms with E-state index in [0.29, 0.717) is 11.2 Å². The third kappa shape index (κ3) is 1.62. The molecule has 0 saturated carbocycles. The summed E-state index contributed by atoms with van der Waals surface area (Å²) >= 11 is 5.91. The SMILES string of the molecule is Cc1ccccc1C1CC(Cl)=NN1C. The monoisotopic (exact) mass is 208 g/mol. The fraction of sp³-hybridized carbons (Fsp3) is 0.364. The molecular formula is C11H13ClN2. The minimum atomic E-state index is 0.309. The molecule has 2 nitrogen and oxygen atoms in total. The molecule has 1 aromatic rings. The molecule has 14 heavy (non-hydrogen) atoms. The lowest BCUT2D eigenvalue weighted by molar-refractivity contribution is 0.289. The fourth-order valence-corrected chi connectivity index (χ4v) is 2.11. The van der Waals surface area contributed by atoms with Gasteiger partial charge in [0.25, 0.3) is 0 Å². The zero-order valence-corrected chi connectivity index (χ0v) is 9.12. The maximum atomic E-state index is 5.91. The molecule has 0 fully saturated rings. The number of aryl methyl sites for hydroxylation is 1. The van der Waals surface area contributed by atoms with Crippen LogP contribution < -0.4 is 0 Å². The number of hydrogen-bond donors (Lipinski definition) is 0. The van der Waals surface area contributed by atoms with Crippen LogP contribution >= 0.6 is 11.6 Å². The lowest BCUT2D eigenvalue weighted by atomic mass is 10.00. The van der Waals surface area contributed by atoms with Crippen molar-refractivity contribution in [3.05, 3.63) is 35.4 Å². The standard InChI is InChI=1S/C11H13ClN2/c1-8-5-3-4-6-9(8)10-7-11(12)13-14(10)2/h3-6,10H,7H2,1-2H3. The van der Waals surface area contributed by atoms with Crippen molar-refractivity contribution in [1.29, 1.82) is 0 Å². The van der Waals surface area contributed by atoms with E-state index < -0.39 is 0 Å². The first kappa shape index (κ1) is 9.53. The molecule has 0 saturated heterocycles. The van der Waals surface area contributed by atoms with E-state index in [2.05, 4.69) is 36.3 Å². The minimum absolute atomic E-state index is 0.309. The van der Waals surface area contributed by atoms with E-state index in [1.165, 1.54) is 11.1 Å². The zero-order valence-electron chi connectivity index (χ0n) is 8.37. The highest BCUT2D eigenvalue weighted by atomic mass is 35.5. The molecule has 0 aromatic heterocycles. The Morgan fingerprint density at radius 2 is 2.14 bits per heavy atom. The lowest BCUT2D eigenvalue weighted by Crippen LogP contribution is -2.14. The largest absolute Gasteiger partial charge is 0.291 e. The highest BCUT2D eigenvalue weighted by Crippen LogP contribution is 2.31. The van der Waals surface area contributed by atoms with Crippen molar-refractivity contribution in [3.63, 3.8) is 0 Å². The van der Waals surface area contributed by atoms with Crippen molar-refractivity contribution in [2.45, 2.75) is 19.4 Å². The van der Waals surface area contributed by atoms with Crippen molar-refractivity contribution in [2.75, 3.05) is 7.05 Å². The van der Waals surface area contributed by atoms with Gasteiger partial charge in [-0.1, -0.05) is 35.9 Å². The van der Waals surface area contributed by atoms with E-state index in [0.717, 1.165) is 6.42 Å². The minimum Gasteiger partial charge on any atom is -0.291 e. The van der Waals surface area contributed by atoms with Gasteiger partial charge in [0.2, 0.25) is 0 Å². The molecule has 1 aliphatic rings. The first-order chi connectivity index (χ1) is 6.68. The van der Waals surface area contributed by atoms with Gasteiger partial charge in [0.15, 0.2) is 0 Å². The molecule has 1 aliphatic heterocycles. The van der Waals surface area contributed by atoms with Gasteiger partial charge in [-0.2, -0.15) is 5.10 Å². The second-order valence-corrected chi connectivity index (χ2v) is 4.06. The Balaban J connectivity index is 2.30. The molecule has 74 valence electrons. The first-order valence-electron chi connectivity index (χ1n) is 4.70. The molecule has 0 N–H and O–H groups in total. The summed E-state index contributed by atoms with van der Waals surface area (Å²) in [5.74, 6) is 0. The van der Waals surface area contributed by atoms with Crippen molar-refractivity contribution in [1.82, 2.24) is 5.01 Å². The summed E-state index contributed by atoms with van der Waals surface area (Å²) in [6.07, 6.45) is 0.822. The summed E-state index contributed by atoms with van der Waals surface area (Å²) in [5, 5.41) is 6.83. The zero-order chi connectivity index (χ0) is 10.1. The number of benzene rings is 1. The normalized spacial score (nSPS) is 21.2. The Bertz CT molecular complexity index is 373. The summed E-state index contributed by atoms with van der Waals surface area (Å²) < 4.78 is 0. The van der Waals surface area contributed by atoms with Gasteiger partial charge in [-0.15, -0.1) is 0 Å². The summed E-state index contributed by atoms with van der Waals surface area (Å²) in [4.78, 5) is 0. The topological polar surface area (TPSA) is 15.6 Å². The molecule has 0 radical (unpaired) electrons. The van der Waals surface area contributed by atoms with E-state index in [-0.39, 0.29) is 0 Å². The number of nitrogens with zero attached hydrogens (tertiary/aromatic N) is 2. The average molecular weight is 209 g/mol. The Kier molecular flexibility index (Phi) is 2.46. The molecule has 1 atom stereocenters. The van der Waals surface area contributed by atoms with E-state index in [1.54, 1.807) is 0 Å². The highest BCUT2D eigenvalue weighted by molar-refractivity contribution is 6.65. The predicted molar refractivity (Wildman–Crippen MR) is 59.6 cm³/mol. The second-order valence-electron chi connectivity index (χ2n) is 3.63. The molecule has 1 heterocycles. The van der Waals surface area contributed by atoms with Gasteiger partial charge in [0, 0.05) is 13.5 Å². The first-order valence-corrected chi connectivity index (χ1v) is 5.07. The van der Waals surface area contributed by atoms with E-state index in [4.69, 9.17) is 11.6 Å². The Labute approximate surface area is 89.2 Å². The quantitative estimate of drug-likeness (QED) is 0.693. The molecule has 2 rings (SSSR count). The summed E-state index contributed by atoms with van der Waals surface area (Å²) in [6.45, 7) is 2.12. The fourth-order valence-electron chi connectivity index (χ4n) is 1.85. The average Bonchev–Trinajstić information content (AvgIpc) is 2.46. The van der Waals surface area contributed by atoms with Crippen LogP contribution in [0.25, 0.3) is 0 Å². The van der Waals surface area contributed by atoms with Gasteiger partial charge in [0.1, 0.15) is 5.17 Å². The molecule has 0 aliphatic carbocycles. The van der Waals surface area contributed by atoms with Crippen LogP contribution in [-0.2, 0) is 0 Å². The third-order valence-corrected chi connectivity index (χ3v) is 2.86. The highest BCUT2D eigenvalue weighted by Gasteiger charge is 2.24. The Morgan fingerprint density at radius 3 is 2.71 bits per heavy atom. The van der Waals surface area contributed by atoms with Crippen molar-refractivity contribution < 1.29 is 0 Å². The third-order valence-electron chi connectivity index (χ3n) is 2.63. The molecule has 0 spiro atoms. The van der Waals surface area contributed by atoms with E-state index in [9.17, 15) is 0 Å². The Morgan fingerprint density at radius 1 is 1.43 bits per heavy atom. The van der Waals surface area contributed by atoms with Crippen LogP contribution in [0.15, 0.2) is 29.4 Å². The summed E-state index contributed by atoms with van der Waals surface area (Å²) in [7, 11) is 1.96. The van der Waals surface area contributed by atoms with Crippen molar-refractivity contribution in [3.8, 4) is 0 Å². The summed E-state index contributed by atoms with van der Waals surface area (Å²) in [6, 6.07) is 8.68. The second kappa shape index (κ2) is 3.62. The van der Waals surface area contributed by atoms with Gasteiger partial charge in [-0.25, -0.2) is 0 Å². The van der Waals surface area contributed by atoms with E-state index in [1.807, 2.05) is 12.1 Å². The maximum Gasteiger partial charge on any atom is 0.128 e. The molecule has 3 heteroatoms. The lowest BCUT2D eigenvalue weighted by Gasteiger charge is -2.20. The number of halogens is 1. The van der Waals surface area contributed by atoms with Gasteiger partial charge in [0.05, 0.1) is 6.04 Å². The van der Waals surface area contributed by atoms with Gasteiger partial charge < -0.3 is 0 Å². The molecule has 0 bridgehead atoms. The van der Waals surface area contributed by atoms with Gasteiger partial charge >= 0.3 is 0 Å². The number of rotatable bonds is 1. The van der Waals surface area contributed by atoms with Crippen molar-refractivity contribution in [2.24, 2.45) is 5.10 Å². The molecular weight excluding hydrogens is 196 g/mol. The van der Waals surface area contributed by atoms with Crippen LogP contribution in [0.5, 0.6) is 0 Å². The molecule has 0 amide bonds. The van der Waals surface area contributed by atoms with Crippen LogP contribution in [0.1, 0.15) is 23.6 Å². The predicted octanol–water partition coefficient (Wildman–Crippen LogP) is 2.92. The van der Waals surface area contributed by atoms with Gasteiger partial charge in [-0.05, 0) is 18.1 Å². The van der Waals surface area contributed by atoms with Crippen LogP contribution in [0.2, 0.25) is 0 Å². The summed E-state index contributed by atoms with van der Waals surface area (Å²) in [5.41, 5.74) is 2.61. The van der Waals surface area contributed by atoms with Gasteiger partial charge in [-0.3, -0.25) is 5.01 Å². The van der Waals surface area contributed by atoms with Crippen LogP contribution in [-0.4, -0.2) is 17.2 Å². The van der Waals surface area contributed by atoms with Crippen LogP contribution in [0.3, 0.4) is 0 Å². The number of hydrogen-bond acceptors (Lipinski definition) is 2. The maximum absolute atomic E-state index is 5.91. The number of hydrazone groups is 1. The molecule has 1 aromatic carbocycles. The van der Waals surface area contributed by atoms with Crippen LogP contribution in [0.4, 0.5) is 0 Å². The van der Waals surface area contributed by atoms with Crippen LogP contribution in [0, 0.1) is 6.92 Å². The van der Waals surface area contributed by atoms with Crippen molar-refractivity contribution >= 4 is 16.8 Å². The molecule has 1 unspecified atom stereocenters.